The zero-order chi connectivity index (χ0) is 25.7. The van der Waals surface area contributed by atoms with E-state index in [9.17, 15) is 9.59 Å². The van der Waals surface area contributed by atoms with E-state index in [0.717, 1.165) is 5.56 Å². The molecule has 10 nitrogen and oxygen atoms in total. The van der Waals surface area contributed by atoms with E-state index in [0.29, 0.717) is 17.5 Å². The lowest BCUT2D eigenvalue weighted by molar-refractivity contribution is 0.0430. The molecule has 4 rings (SSSR count). The Labute approximate surface area is 207 Å². The summed E-state index contributed by atoms with van der Waals surface area (Å²) < 4.78 is 26.3. The highest BCUT2D eigenvalue weighted by molar-refractivity contribution is 6.07. The van der Waals surface area contributed by atoms with Gasteiger partial charge in [-0.05, 0) is 23.6 Å². The van der Waals surface area contributed by atoms with Crippen molar-refractivity contribution in [2.45, 2.75) is 26.4 Å². The van der Waals surface area contributed by atoms with Crippen molar-refractivity contribution in [2.24, 2.45) is 0 Å². The summed E-state index contributed by atoms with van der Waals surface area (Å²) in [4.78, 5) is 29.8. The fourth-order valence-electron chi connectivity index (χ4n) is 3.40. The Morgan fingerprint density at radius 3 is 2.39 bits per heavy atom. The standard InChI is InChI=1S/C26H25N3O7/c1-15(2)16-7-9-17(10-8-16)24-28-23(36-29-24)14-35-26(31)18-12-21(32-3)22(33-4)13-19(18)27-25(30)20-6-5-11-34-20/h5-13,15H,14H2,1-4H3,(H,27,30). The molecule has 0 aliphatic carbocycles. The van der Waals surface area contributed by atoms with Gasteiger partial charge in [-0.1, -0.05) is 43.3 Å². The Bertz CT molecular complexity index is 1340. The molecule has 0 saturated carbocycles. The van der Waals surface area contributed by atoms with E-state index < -0.39 is 11.9 Å². The van der Waals surface area contributed by atoms with Crippen molar-refractivity contribution >= 4 is 17.6 Å². The van der Waals surface area contributed by atoms with Crippen molar-refractivity contribution in [3.63, 3.8) is 0 Å². The van der Waals surface area contributed by atoms with E-state index >= 15 is 0 Å². The van der Waals surface area contributed by atoms with Crippen LogP contribution >= 0.6 is 0 Å². The minimum Gasteiger partial charge on any atom is -0.493 e. The molecule has 0 aliphatic heterocycles. The highest BCUT2D eigenvalue weighted by Gasteiger charge is 2.22. The van der Waals surface area contributed by atoms with Crippen LogP contribution in [0, 0.1) is 0 Å². The van der Waals surface area contributed by atoms with Crippen LogP contribution in [0.2, 0.25) is 0 Å². The molecule has 0 atom stereocenters. The number of carbonyl (C=O) groups excluding carboxylic acids is 2. The Kier molecular flexibility index (Phi) is 7.33. The van der Waals surface area contributed by atoms with Crippen LogP contribution in [-0.4, -0.2) is 36.2 Å². The van der Waals surface area contributed by atoms with Crippen molar-refractivity contribution in [3.8, 4) is 22.9 Å². The number of methoxy groups -OCH3 is 2. The van der Waals surface area contributed by atoms with Crippen molar-refractivity contribution in [2.75, 3.05) is 19.5 Å². The monoisotopic (exact) mass is 491 g/mol. The van der Waals surface area contributed by atoms with Gasteiger partial charge in [0, 0.05) is 17.7 Å². The second-order valence-electron chi connectivity index (χ2n) is 8.05. The third kappa shape index (κ3) is 5.38. The maximum Gasteiger partial charge on any atom is 0.340 e. The number of benzene rings is 2. The first-order chi connectivity index (χ1) is 17.4. The third-order valence-electron chi connectivity index (χ3n) is 5.37. The van der Waals surface area contributed by atoms with Gasteiger partial charge >= 0.3 is 5.97 Å². The predicted molar refractivity (Wildman–Crippen MR) is 129 cm³/mol. The summed E-state index contributed by atoms with van der Waals surface area (Å²) in [6.07, 6.45) is 1.37. The number of esters is 1. The van der Waals surface area contributed by atoms with Gasteiger partial charge < -0.3 is 28.5 Å². The van der Waals surface area contributed by atoms with Crippen LogP contribution in [0.3, 0.4) is 0 Å². The minimum absolute atomic E-state index is 0.0385. The van der Waals surface area contributed by atoms with Crippen LogP contribution in [0.1, 0.15) is 52.1 Å². The van der Waals surface area contributed by atoms with E-state index in [1.165, 1.54) is 44.2 Å². The summed E-state index contributed by atoms with van der Waals surface area (Å²) in [6.45, 7) is 3.96. The first-order valence-electron chi connectivity index (χ1n) is 11.1. The molecule has 2 heterocycles. The molecule has 0 bridgehead atoms. The lowest BCUT2D eigenvalue weighted by Crippen LogP contribution is -2.16. The normalized spacial score (nSPS) is 10.8. The molecule has 2 aromatic heterocycles. The number of anilines is 1. The molecule has 1 N–H and O–H groups in total. The molecule has 0 unspecified atom stereocenters. The molecule has 186 valence electrons. The lowest BCUT2D eigenvalue weighted by Gasteiger charge is -2.14. The molecule has 0 fully saturated rings. The number of aromatic nitrogens is 2. The van der Waals surface area contributed by atoms with Gasteiger partial charge in [-0.3, -0.25) is 4.79 Å². The molecule has 0 saturated heterocycles. The zero-order valence-corrected chi connectivity index (χ0v) is 20.2. The predicted octanol–water partition coefficient (Wildman–Crippen LogP) is 5.08. The van der Waals surface area contributed by atoms with Gasteiger partial charge in [-0.2, -0.15) is 4.98 Å². The van der Waals surface area contributed by atoms with Crippen LogP contribution in [0.15, 0.2) is 63.7 Å². The van der Waals surface area contributed by atoms with Crippen molar-refractivity contribution in [1.82, 2.24) is 10.1 Å². The largest absolute Gasteiger partial charge is 0.493 e. The molecule has 1 amide bonds. The van der Waals surface area contributed by atoms with Gasteiger partial charge in [0.05, 0.1) is 31.7 Å². The van der Waals surface area contributed by atoms with Gasteiger partial charge in [0.2, 0.25) is 5.82 Å². The van der Waals surface area contributed by atoms with E-state index in [4.69, 9.17) is 23.2 Å². The Hall–Kier alpha value is -4.60. The summed E-state index contributed by atoms with van der Waals surface area (Å²) >= 11 is 0. The number of rotatable bonds is 9. The number of nitrogens with one attached hydrogen (secondary N) is 1. The molecule has 0 radical (unpaired) electrons. The molecule has 4 aromatic rings. The smallest absolute Gasteiger partial charge is 0.340 e. The van der Waals surface area contributed by atoms with Gasteiger partial charge in [0.25, 0.3) is 11.8 Å². The fraction of sp³-hybridized carbons (Fsp3) is 0.231. The number of ether oxygens (including phenoxy) is 3. The highest BCUT2D eigenvalue weighted by atomic mass is 16.6. The van der Waals surface area contributed by atoms with Crippen LogP contribution in [0.4, 0.5) is 5.69 Å². The molecule has 36 heavy (non-hydrogen) atoms. The van der Waals surface area contributed by atoms with Crippen LogP contribution in [0.25, 0.3) is 11.4 Å². The van der Waals surface area contributed by atoms with E-state index in [1.807, 2.05) is 24.3 Å². The Balaban J connectivity index is 1.51. The Morgan fingerprint density at radius 2 is 1.75 bits per heavy atom. The molecular formula is C26H25N3O7. The molecule has 0 spiro atoms. The quantitative estimate of drug-likeness (QED) is 0.319. The maximum absolute atomic E-state index is 13.0. The fourth-order valence-corrected chi connectivity index (χ4v) is 3.40. The second kappa shape index (κ2) is 10.8. The molecule has 0 aliphatic rings. The molecular weight excluding hydrogens is 466 g/mol. The minimum atomic E-state index is -0.744. The second-order valence-corrected chi connectivity index (χ2v) is 8.05. The van der Waals surface area contributed by atoms with Crippen molar-refractivity contribution in [1.29, 1.82) is 0 Å². The first-order valence-corrected chi connectivity index (χ1v) is 11.1. The van der Waals surface area contributed by atoms with Crippen LogP contribution in [-0.2, 0) is 11.3 Å². The summed E-state index contributed by atoms with van der Waals surface area (Å²) in [5.74, 6) is 0.285. The topological polar surface area (TPSA) is 126 Å². The molecule has 10 heteroatoms. The summed E-state index contributed by atoms with van der Waals surface area (Å²) in [5, 5.41) is 6.60. The average molecular weight is 492 g/mol. The number of amides is 1. The summed E-state index contributed by atoms with van der Waals surface area (Å²) in [5.41, 5.74) is 2.16. The van der Waals surface area contributed by atoms with Crippen LogP contribution < -0.4 is 14.8 Å². The highest BCUT2D eigenvalue weighted by Crippen LogP contribution is 2.34. The molecule has 2 aromatic carbocycles. The zero-order valence-electron chi connectivity index (χ0n) is 20.2. The lowest BCUT2D eigenvalue weighted by atomic mass is 10.0. The summed E-state index contributed by atoms with van der Waals surface area (Å²) in [7, 11) is 2.87. The number of furan rings is 1. The van der Waals surface area contributed by atoms with E-state index in [1.54, 1.807) is 6.07 Å². The first kappa shape index (κ1) is 24.5. The van der Waals surface area contributed by atoms with Gasteiger partial charge in [0.15, 0.2) is 23.9 Å². The third-order valence-corrected chi connectivity index (χ3v) is 5.37. The van der Waals surface area contributed by atoms with Crippen LogP contribution in [0.5, 0.6) is 11.5 Å². The van der Waals surface area contributed by atoms with Crippen molar-refractivity contribution in [3.05, 3.63) is 77.6 Å². The van der Waals surface area contributed by atoms with Gasteiger partial charge in [0.1, 0.15) is 0 Å². The Morgan fingerprint density at radius 1 is 1.03 bits per heavy atom. The van der Waals surface area contributed by atoms with Gasteiger partial charge in [-0.15, -0.1) is 0 Å². The van der Waals surface area contributed by atoms with Crippen molar-refractivity contribution < 1.29 is 32.7 Å². The van der Waals surface area contributed by atoms with E-state index in [-0.39, 0.29) is 35.3 Å². The summed E-state index contributed by atoms with van der Waals surface area (Å²) in [6, 6.07) is 13.8. The number of carbonyl (C=O) groups is 2. The number of hydrogen-bond donors (Lipinski definition) is 1. The SMILES string of the molecule is COc1cc(NC(=O)c2ccco2)c(C(=O)OCc2nc(-c3ccc(C(C)C)cc3)no2)cc1OC. The number of nitrogens with zero attached hydrogens (tertiary/aromatic N) is 2. The van der Waals surface area contributed by atoms with E-state index in [2.05, 4.69) is 29.3 Å². The maximum atomic E-state index is 13.0. The average Bonchev–Trinajstić information content (AvgIpc) is 3.60. The number of hydrogen-bond acceptors (Lipinski definition) is 9. The van der Waals surface area contributed by atoms with Gasteiger partial charge in [-0.25, -0.2) is 4.79 Å².